The van der Waals surface area contributed by atoms with E-state index in [4.69, 9.17) is 5.73 Å². The highest BCUT2D eigenvalue weighted by molar-refractivity contribution is 7.91. The van der Waals surface area contributed by atoms with E-state index in [2.05, 4.69) is 0 Å². The monoisotopic (exact) mass is 300 g/mol. The number of rotatable bonds is 3. The summed E-state index contributed by atoms with van der Waals surface area (Å²) in [5.74, 6) is 0.829. The molecule has 19 heavy (non-hydrogen) atoms. The minimum Gasteiger partial charge on any atom is -0.327 e. The molecule has 2 fully saturated rings. The van der Waals surface area contributed by atoms with Crippen LogP contribution in [0.4, 0.5) is 0 Å². The highest BCUT2D eigenvalue weighted by Crippen LogP contribution is 2.40. The Balaban J connectivity index is 1.82. The molecule has 6 heteroatoms. The van der Waals surface area contributed by atoms with E-state index in [1.165, 1.54) is 11.3 Å². The summed E-state index contributed by atoms with van der Waals surface area (Å²) in [6, 6.07) is 3.84. The summed E-state index contributed by atoms with van der Waals surface area (Å²) in [5, 5.41) is 0. The molecule has 2 N–H and O–H groups in total. The molecule has 0 bridgehead atoms. The van der Waals surface area contributed by atoms with Gasteiger partial charge in [0, 0.05) is 24.0 Å². The van der Waals surface area contributed by atoms with Gasteiger partial charge in [0.25, 0.3) is 10.0 Å². The van der Waals surface area contributed by atoms with Crippen LogP contribution in [0.2, 0.25) is 0 Å². The van der Waals surface area contributed by atoms with Crippen LogP contribution in [0.25, 0.3) is 0 Å². The lowest BCUT2D eigenvalue weighted by molar-refractivity contribution is 0.428. The van der Waals surface area contributed by atoms with E-state index in [1.807, 2.05) is 13.0 Å². The zero-order chi connectivity index (χ0) is 13.6. The van der Waals surface area contributed by atoms with Crippen LogP contribution >= 0.6 is 11.3 Å². The molecule has 0 radical (unpaired) electrons. The second-order valence-electron chi connectivity index (χ2n) is 5.56. The average Bonchev–Trinajstić information content (AvgIpc) is 3.06. The van der Waals surface area contributed by atoms with E-state index in [1.54, 1.807) is 10.4 Å². The number of hydrogen-bond donors (Lipinski definition) is 1. The molecule has 1 aromatic rings. The third-order valence-corrected chi connectivity index (χ3v) is 7.99. The number of nitrogens with two attached hydrogens (primary N) is 1. The molecule has 0 amide bonds. The molecule has 1 saturated heterocycles. The Labute approximate surface area is 118 Å². The molecule has 2 heterocycles. The van der Waals surface area contributed by atoms with E-state index in [0.717, 1.165) is 24.1 Å². The van der Waals surface area contributed by atoms with E-state index in [-0.39, 0.29) is 6.04 Å². The van der Waals surface area contributed by atoms with Gasteiger partial charge in [0.2, 0.25) is 0 Å². The fourth-order valence-corrected chi connectivity index (χ4v) is 6.26. The average molecular weight is 300 g/mol. The van der Waals surface area contributed by atoms with Crippen molar-refractivity contribution in [3.63, 3.8) is 0 Å². The molecular weight excluding hydrogens is 280 g/mol. The highest BCUT2D eigenvalue weighted by Gasteiger charge is 2.45. The lowest BCUT2D eigenvalue weighted by atomic mass is 9.98. The molecule has 106 valence electrons. The Hall–Kier alpha value is -0.430. The predicted molar refractivity (Wildman–Crippen MR) is 76.6 cm³/mol. The van der Waals surface area contributed by atoms with Crippen LogP contribution in [0.15, 0.2) is 16.3 Å². The molecule has 0 spiro atoms. The van der Waals surface area contributed by atoms with Crippen molar-refractivity contribution >= 4 is 21.4 Å². The summed E-state index contributed by atoms with van der Waals surface area (Å²) >= 11 is 1.39. The topological polar surface area (TPSA) is 63.4 Å². The summed E-state index contributed by atoms with van der Waals surface area (Å²) < 4.78 is 27.3. The van der Waals surface area contributed by atoms with Crippen LogP contribution in [0.5, 0.6) is 0 Å². The quantitative estimate of drug-likeness (QED) is 0.923. The van der Waals surface area contributed by atoms with Crippen LogP contribution in [-0.4, -0.2) is 31.9 Å². The molecule has 3 unspecified atom stereocenters. The first kappa shape index (κ1) is 13.5. The van der Waals surface area contributed by atoms with Gasteiger partial charge in [-0.05, 0) is 43.2 Å². The van der Waals surface area contributed by atoms with Crippen LogP contribution < -0.4 is 5.73 Å². The van der Waals surface area contributed by atoms with Gasteiger partial charge >= 0.3 is 0 Å². The molecule has 3 atom stereocenters. The van der Waals surface area contributed by atoms with Gasteiger partial charge in [-0.15, -0.1) is 11.3 Å². The standard InChI is InChI=1S/C13H20N2O2S2/c1-2-10-4-6-13(18-10)19(16,17)15-7-9-3-5-12(14)11(9)8-15/h4,6,9,11-12H,2-3,5,7-8,14H2,1H3. The van der Waals surface area contributed by atoms with Crippen LogP contribution in [-0.2, 0) is 16.4 Å². The largest absolute Gasteiger partial charge is 0.327 e. The Morgan fingerprint density at radius 1 is 1.37 bits per heavy atom. The van der Waals surface area contributed by atoms with Crippen LogP contribution in [0.3, 0.4) is 0 Å². The third-order valence-electron chi connectivity index (χ3n) is 4.46. The first-order valence-electron chi connectivity index (χ1n) is 6.87. The first-order valence-corrected chi connectivity index (χ1v) is 9.12. The summed E-state index contributed by atoms with van der Waals surface area (Å²) in [7, 11) is -3.30. The molecule has 3 rings (SSSR count). The normalized spacial score (nSPS) is 31.8. The van der Waals surface area contributed by atoms with Gasteiger partial charge < -0.3 is 5.73 Å². The van der Waals surface area contributed by atoms with Gasteiger partial charge in [-0.1, -0.05) is 6.92 Å². The van der Waals surface area contributed by atoms with Crippen molar-refractivity contribution < 1.29 is 8.42 Å². The number of sulfonamides is 1. The summed E-state index contributed by atoms with van der Waals surface area (Å²) in [6.45, 7) is 3.30. The van der Waals surface area contributed by atoms with Gasteiger partial charge in [0.05, 0.1) is 0 Å². The molecule has 1 aromatic heterocycles. The molecule has 4 nitrogen and oxygen atoms in total. The number of fused-ring (bicyclic) bond motifs is 1. The fraction of sp³-hybridized carbons (Fsp3) is 0.692. The van der Waals surface area contributed by atoms with Gasteiger partial charge in [0.15, 0.2) is 0 Å². The zero-order valence-electron chi connectivity index (χ0n) is 11.1. The third kappa shape index (κ3) is 2.24. The second kappa shape index (κ2) is 4.84. The highest BCUT2D eigenvalue weighted by atomic mass is 32.2. The van der Waals surface area contributed by atoms with Crippen molar-refractivity contribution in [1.82, 2.24) is 4.31 Å². The van der Waals surface area contributed by atoms with Gasteiger partial charge in [-0.2, -0.15) is 4.31 Å². The smallest absolute Gasteiger partial charge is 0.252 e. The fourth-order valence-electron chi connectivity index (χ4n) is 3.28. The van der Waals surface area contributed by atoms with Crippen molar-refractivity contribution in [3.05, 3.63) is 17.0 Å². The van der Waals surface area contributed by atoms with Crippen molar-refractivity contribution in [3.8, 4) is 0 Å². The second-order valence-corrected chi connectivity index (χ2v) is 8.89. The molecule has 2 aliphatic rings. The van der Waals surface area contributed by atoms with E-state index >= 15 is 0 Å². The molecule has 1 aliphatic heterocycles. The predicted octanol–water partition coefficient (Wildman–Crippen LogP) is 1.67. The minimum absolute atomic E-state index is 0.180. The SMILES string of the molecule is CCc1ccc(S(=O)(=O)N2CC3CCC(N)C3C2)s1. The van der Waals surface area contributed by atoms with Crippen molar-refractivity contribution in [2.45, 2.75) is 36.4 Å². The number of nitrogens with zero attached hydrogens (tertiary/aromatic N) is 1. The van der Waals surface area contributed by atoms with Crippen LogP contribution in [0, 0.1) is 11.8 Å². The Bertz CT molecular complexity index is 567. The maximum Gasteiger partial charge on any atom is 0.252 e. The van der Waals surface area contributed by atoms with E-state index < -0.39 is 10.0 Å². The summed E-state index contributed by atoms with van der Waals surface area (Å²) in [5.41, 5.74) is 6.07. The Kier molecular flexibility index (Phi) is 3.45. The van der Waals surface area contributed by atoms with E-state index in [9.17, 15) is 8.42 Å². The summed E-state index contributed by atoms with van der Waals surface area (Å²) in [4.78, 5) is 1.12. The number of thiophene rings is 1. The van der Waals surface area contributed by atoms with Crippen molar-refractivity contribution in [2.75, 3.05) is 13.1 Å². The molecular formula is C13H20N2O2S2. The molecule has 1 aliphatic carbocycles. The Morgan fingerprint density at radius 2 is 2.16 bits per heavy atom. The van der Waals surface area contributed by atoms with Gasteiger partial charge in [-0.25, -0.2) is 8.42 Å². The zero-order valence-corrected chi connectivity index (χ0v) is 12.7. The Morgan fingerprint density at radius 3 is 2.79 bits per heavy atom. The van der Waals surface area contributed by atoms with Crippen molar-refractivity contribution in [1.29, 1.82) is 0 Å². The lowest BCUT2D eigenvalue weighted by Crippen LogP contribution is -2.33. The number of aryl methyl sites for hydroxylation is 1. The lowest BCUT2D eigenvalue weighted by Gasteiger charge is -2.17. The van der Waals surface area contributed by atoms with Crippen molar-refractivity contribution in [2.24, 2.45) is 17.6 Å². The maximum absolute atomic E-state index is 12.6. The first-order chi connectivity index (χ1) is 9.02. The maximum atomic E-state index is 12.6. The molecule has 0 aromatic carbocycles. The summed E-state index contributed by atoms with van der Waals surface area (Å²) in [6.07, 6.45) is 3.00. The van der Waals surface area contributed by atoms with Gasteiger partial charge in [-0.3, -0.25) is 0 Å². The van der Waals surface area contributed by atoms with Gasteiger partial charge in [0.1, 0.15) is 4.21 Å². The number of hydrogen-bond acceptors (Lipinski definition) is 4. The minimum atomic E-state index is -3.30. The van der Waals surface area contributed by atoms with E-state index in [0.29, 0.717) is 29.1 Å². The van der Waals surface area contributed by atoms with Crippen LogP contribution in [0.1, 0.15) is 24.6 Å². The molecule has 1 saturated carbocycles.